The average molecular weight is 2330 g/mol. The lowest BCUT2D eigenvalue weighted by molar-refractivity contribution is 0.0669. The van der Waals surface area contributed by atoms with Gasteiger partial charge in [-0.1, -0.05) is 12.2 Å². The van der Waals surface area contributed by atoms with Crippen LogP contribution >= 0.6 is 0 Å². The van der Waals surface area contributed by atoms with Crippen molar-refractivity contribution < 1.29 is 146 Å². The largest absolute Gasteiger partial charge is 0.500 e. The van der Waals surface area contributed by atoms with Crippen molar-refractivity contribution in [1.29, 1.82) is 0 Å². The predicted molar refractivity (Wildman–Crippen MR) is 616 cm³/mol. The zero-order chi connectivity index (χ0) is 113. The Morgan fingerprint density at radius 1 is 0.155 bits per heavy atom. The summed E-state index contributed by atoms with van der Waals surface area (Å²) in [6.45, 7) is 77.2. The molecule has 0 bridgehead atoms. The highest BCUT2D eigenvalue weighted by Gasteiger charge is 2.48. The number of nitrogens with two attached hydrogens (primary N) is 2. The van der Waals surface area contributed by atoms with Crippen molar-refractivity contribution in [2.75, 3.05) is 335 Å². The SMILES string of the molecule is C=CCN(CCC[Si](OC)(OC)OC)CCC[Si](OC)(OC)OC.C=CCN(CCC[Si](OCC)(OCC)OCC)CCC[Si](OCC)(OCC)OCC.CCO[Si](CCCN(CCC[Si](OCC)(OCC)OCC)CCC[Si](OCC)(OCC)OCC)(OCC)OCC.CCO[Si](CCCN(CCN)CCC[Si](OCC)(OCC)OCC)(OCC)OCC.CO[Si](CCCN(CCN)CCC[Si](OC)(OC)OC)(OC)OC. The van der Waals surface area contributed by atoms with E-state index >= 15 is 0 Å². The molecule has 0 atom stereocenters. The highest BCUT2D eigenvalue weighted by Crippen LogP contribution is 2.29. The number of hydrogen-bond acceptors (Lipinski definition) is 40. The minimum Gasteiger partial charge on any atom is -0.377 e. The zero-order valence-corrected chi connectivity index (χ0v) is 111. The van der Waals surface area contributed by atoms with Crippen LogP contribution in [0.3, 0.4) is 0 Å². The van der Waals surface area contributed by atoms with E-state index in [1.54, 1.807) is 85.3 Å². The smallest absolute Gasteiger partial charge is 0.377 e. The van der Waals surface area contributed by atoms with E-state index < -0.39 is 96.8 Å². The fourth-order valence-corrected chi connectivity index (χ4v) is 42.2. The van der Waals surface area contributed by atoms with Gasteiger partial charge in [0.05, 0.1) is 0 Å². The monoisotopic (exact) mass is 2330 g/mol. The van der Waals surface area contributed by atoms with Crippen LogP contribution in [-0.4, -0.2) is 457 Å². The molecule has 0 fully saturated rings. The predicted octanol–water partition coefficient (Wildman–Crippen LogP) is 15.9. The number of nitrogens with zero attached hydrogens (tertiary/aromatic N) is 5. The minimum absolute atomic E-state index is 0.591. The highest BCUT2D eigenvalue weighted by atomic mass is 28.4. The van der Waals surface area contributed by atoms with Crippen LogP contribution in [-0.2, 0) is 146 Å². The quantitative estimate of drug-likeness (QED) is 0.0422. The summed E-state index contributed by atoms with van der Waals surface area (Å²) in [4.78, 5) is 12.0. The minimum atomic E-state index is -2.68. The molecule has 0 aliphatic carbocycles. The second-order valence-corrected chi connectivity index (χ2v) is 65.0. The van der Waals surface area contributed by atoms with Crippen LogP contribution in [0.5, 0.6) is 0 Å². The third-order valence-electron chi connectivity index (χ3n) is 23.6. The molecule has 0 aliphatic rings. The van der Waals surface area contributed by atoms with Crippen LogP contribution in [0.1, 0.15) is 216 Å². The van der Waals surface area contributed by atoms with Crippen molar-refractivity contribution in [3.05, 3.63) is 25.3 Å². The third kappa shape index (κ3) is 70.5. The summed E-state index contributed by atoms with van der Waals surface area (Å²) in [6.07, 6.45) is 14.3. The summed E-state index contributed by atoms with van der Waals surface area (Å²) in [5.74, 6) is 0. The van der Waals surface area contributed by atoms with Crippen molar-refractivity contribution in [3.8, 4) is 0 Å². The summed E-state index contributed by atoms with van der Waals surface area (Å²) >= 11 is 0. The van der Waals surface area contributed by atoms with Gasteiger partial charge < -0.3 is 172 Å². The van der Waals surface area contributed by atoms with Gasteiger partial charge in [0.2, 0.25) is 0 Å². The van der Waals surface area contributed by atoms with Crippen LogP contribution in [0.25, 0.3) is 0 Å². The van der Waals surface area contributed by atoms with Gasteiger partial charge in [0.15, 0.2) is 0 Å². The highest BCUT2D eigenvalue weighted by molar-refractivity contribution is 6.64. The normalized spacial score (nSPS) is 12.9. The molecule has 894 valence electrons. The molecule has 4 N–H and O–H groups in total. The van der Waals surface area contributed by atoms with Crippen molar-refractivity contribution in [2.45, 2.75) is 283 Å². The maximum Gasteiger partial charge on any atom is 0.500 e. The molecule has 0 saturated carbocycles. The van der Waals surface area contributed by atoms with Gasteiger partial charge in [-0.3, -0.25) is 9.80 Å². The van der Waals surface area contributed by atoms with E-state index in [2.05, 4.69) is 37.7 Å². The molecule has 0 saturated heterocycles. The van der Waals surface area contributed by atoms with Crippen LogP contribution in [0.4, 0.5) is 0 Å². The van der Waals surface area contributed by atoms with Crippen LogP contribution < -0.4 is 11.5 Å². The molecule has 0 aromatic heterocycles. The van der Waals surface area contributed by atoms with E-state index in [0.717, 1.165) is 235 Å². The summed E-state index contributed by atoms with van der Waals surface area (Å²) < 4.78 is 192. The van der Waals surface area contributed by atoms with Crippen molar-refractivity contribution in [3.63, 3.8) is 0 Å². The second-order valence-electron chi connectivity index (χ2n) is 33.5. The van der Waals surface area contributed by atoms with Crippen molar-refractivity contribution in [1.82, 2.24) is 24.5 Å². The average Bonchev–Trinajstić information content (AvgIpc) is 1.59. The maximum atomic E-state index is 6.09. The van der Waals surface area contributed by atoms with Gasteiger partial charge in [-0.05, 0) is 288 Å². The van der Waals surface area contributed by atoms with Crippen molar-refractivity contribution in [2.24, 2.45) is 11.5 Å². The summed E-state index contributed by atoms with van der Waals surface area (Å²) in [6, 6.07) is 8.82. The molecule has 0 aromatic rings. The number of rotatable bonds is 106. The van der Waals surface area contributed by atoms with Gasteiger partial charge >= 0.3 is 96.8 Å². The van der Waals surface area contributed by atoms with Crippen molar-refractivity contribution >= 4 is 96.8 Å². The Morgan fingerprint density at radius 3 is 0.338 bits per heavy atom. The molecule has 0 rings (SSSR count). The number of hydrogen-bond donors (Lipinski definition) is 2. The lowest BCUT2D eigenvalue weighted by atomic mass is 10.3. The molecule has 0 radical (unpaired) electrons. The van der Waals surface area contributed by atoms with Gasteiger partial charge in [-0.15, -0.1) is 13.2 Å². The third-order valence-corrected chi connectivity index (χ3v) is 57.0. The molecule has 148 heavy (non-hydrogen) atoms. The van der Waals surface area contributed by atoms with Crippen LogP contribution in [0.15, 0.2) is 25.3 Å². The molecule has 51 heteroatoms. The Bertz CT molecular complexity index is 2510. The molecule has 0 spiro atoms. The van der Waals surface area contributed by atoms with Gasteiger partial charge in [-0.2, -0.15) is 0 Å². The molecule has 0 aliphatic heterocycles. The molecular formula is C97H229N7O33Si11. The first-order chi connectivity index (χ1) is 71.3. The Labute approximate surface area is 916 Å². The van der Waals surface area contributed by atoms with Gasteiger partial charge in [-0.25, -0.2) is 0 Å². The van der Waals surface area contributed by atoms with E-state index in [0.29, 0.717) is 152 Å². The van der Waals surface area contributed by atoms with Gasteiger partial charge in [0, 0.05) is 330 Å². The summed E-state index contributed by atoms with van der Waals surface area (Å²) in [5, 5.41) is 0. The standard InChI is InChI=1S/C27H63NO9Si3.C21H47NO6Si2.C20H48N2O6Si2.C15H35NO6Si2.C14H36N2O6Si2/c1-10-29-38(30-11-2,31-12-3)25-19-22-28(23-20-26-39(32-13-4,33-14-5)34-15-6)24-21-27-40(35-16-7,36-17-8)37-18-9;1-8-17-22(18-15-20-29(23-9-2,24-10-3)25-11-4)19-16-21-30(26-12-5,27-13-6)28-14-7;1-7-23-29(24-8-2,25-9-3)19-13-16-22(18-15-21)17-14-20-30(26-10-4,27-11-5)28-12-6;1-8-11-16(12-9-14-23(17-2,18-3)19-4)13-10-15-24(20-5,21-6)22-7;1-17-23(18-2,19-3)13-7-10-16(12-9-15)11-8-14-24(20-4,21-5)22-6/h10-27H2,1-9H3;8H,1,9-21H2,2-7H3;7-21H2,1-6H3;8H,1,9-15H2,2-7H3;7-15H2,1-6H3. The van der Waals surface area contributed by atoms with Gasteiger partial charge in [0.25, 0.3) is 0 Å². The molecule has 0 amide bonds. The molecule has 0 unspecified atom stereocenters. The van der Waals surface area contributed by atoms with E-state index in [1.165, 1.54) is 0 Å². The molecule has 40 nitrogen and oxygen atoms in total. The fraction of sp³-hybridized carbons (Fsp3) is 0.959. The van der Waals surface area contributed by atoms with Crippen LogP contribution in [0, 0.1) is 0 Å². The first-order valence-corrected chi connectivity index (χ1v) is 76.9. The lowest BCUT2D eigenvalue weighted by Gasteiger charge is -2.32. The Hall–Kier alpha value is 0.266. The molecular weight excluding hydrogens is 2100 g/mol. The fourth-order valence-electron chi connectivity index (χ4n) is 17.3. The van der Waals surface area contributed by atoms with E-state index in [4.69, 9.17) is 158 Å². The van der Waals surface area contributed by atoms with E-state index in [9.17, 15) is 0 Å². The lowest BCUT2D eigenvalue weighted by Crippen LogP contribution is -2.47. The Kier molecular flexibility index (Phi) is 107. The van der Waals surface area contributed by atoms with Crippen LogP contribution in [0.2, 0.25) is 66.5 Å². The maximum absolute atomic E-state index is 6.09. The van der Waals surface area contributed by atoms with E-state index in [-0.39, 0.29) is 0 Å². The van der Waals surface area contributed by atoms with E-state index in [1.807, 2.05) is 158 Å². The molecule has 0 aromatic carbocycles. The Balaban J connectivity index is -0.000000583. The second kappa shape index (κ2) is 101. The summed E-state index contributed by atoms with van der Waals surface area (Å²) in [5.41, 5.74) is 11.6. The Morgan fingerprint density at radius 2 is 0.250 bits per heavy atom. The topological polar surface area (TPSA) is 373 Å². The van der Waals surface area contributed by atoms with Gasteiger partial charge in [0.1, 0.15) is 0 Å². The first-order valence-electron chi connectivity index (χ1n) is 55.6. The molecule has 0 heterocycles. The zero-order valence-electron chi connectivity index (χ0n) is 100. The first kappa shape index (κ1) is 157. The summed E-state index contributed by atoms with van der Waals surface area (Å²) in [7, 11) is -8.66.